The van der Waals surface area contributed by atoms with Gasteiger partial charge < -0.3 is 15.2 Å². The molecule has 19 heavy (non-hydrogen) atoms. The van der Waals surface area contributed by atoms with Gasteiger partial charge in [0.1, 0.15) is 6.04 Å². The van der Waals surface area contributed by atoms with Crippen LogP contribution < -0.4 is 10.6 Å². The topological polar surface area (TPSA) is 59.0 Å². The van der Waals surface area contributed by atoms with Crippen molar-refractivity contribution in [3.63, 3.8) is 0 Å². The Hall–Kier alpha value is -1.36. The van der Waals surface area contributed by atoms with Gasteiger partial charge in [-0.3, -0.25) is 4.79 Å². The Bertz CT molecular complexity index is 409. The van der Waals surface area contributed by atoms with Crippen molar-refractivity contribution < 1.29 is 4.79 Å². The number of rotatable bonds is 5. The van der Waals surface area contributed by atoms with E-state index >= 15 is 0 Å². The van der Waals surface area contributed by atoms with Gasteiger partial charge in [-0.2, -0.15) is 0 Å². The zero-order chi connectivity index (χ0) is 13.7. The van der Waals surface area contributed by atoms with E-state index in [0.717, 1.165) is 26.1 Å². The summed E-state index contributed by atoms with van der Waals surface area (Å²) >= 11 is 0. The molecule has 5 heteroatoms. The third-order valence-corrected chi connectivity index (χ3v) is 3.76. The maximum Gasteiger partial charge on any atom is 0.242 e. The van der Waals surface area contributed by atoms with Crippen LogP contribution in [0, 0.1) is 0 Å². The number of nitrogens with zero attached hydrogens (tertiary/aromatic N) is 2. The third-order valence-electron chi connectivity index (χ3n) is 3.76. The normalized spacial score (nSPS) is 21.1. The maximum absolute atomic E-state index is 12.1. The summed E-state index contributed by atoms with van der Waals surface area (Å²) < 4.78 is 2.02. The van der Waals surface area contributed by atoms with Crippen LogP contribution >= 0.6 is 0 Å². The number of carbonyl (C=O) groups excluding carboxylic acids is 1. The highest BCUT2D eigenvalue weighted by molar-refractivity contribution is 5.79. The lowest BCUT2D eigenvalue weighted by Gasteiger charge is -2.25. The number of hydrogen-bond donors (Lipinski definition) is 2. The Morgan fingerprint density at radius 2 is 2.53 bits per heavy atom. The monoisotopic (exact) mass is 264 g/mol. The summed E-state index contributed by atoms with van der Waals surface area (Å²) in [6.45, 7) is 6.80. The lowest BCUT2D eigenvalue weighted by Crippen LogP contribution is -2.34. The Morgan fingerprint density at radius 1 is 1.68 bits per heavy atom. The lowest BCUT2D eigenvalue weighted by molar-refractivity contribution is -0.123. The highest BCUT2D eigenvalue weighted by Gasteiger charge is 2.23. The first-order chi connectivity index (χ1) is 9.24. The highest BCUT2D eigenvalue weighted by atomic mass is 16.2. The molecule has 2 heterocycles. The molecule has 2 unspecified atom stereocenters. The van der Waals surface area contributed by atoms with Crippen LogP contribution in [0.4, 0.5) is 0 Å². The minimum atomic E-state index is -0.189. The molecule has 2 N–H and O–H groups in total. The second-order valence-electron chi connectivity index (χ2n) is 5.24. The van der Waals surface area contributed by atoms with Crippen LogP contribution in [0.15, 0.2) is 12.5 Å². The van der Waals surface area contributed by atoms with E-state index in [1.54, 1.807) is 6.33 Å². The van der Waals surface area contributed by atoms with Gasteiger partial charge in [-0.15, -0.1) is 0 Å². The van der Waals surface area contributed by atoms with Gasteiger partial charge in [-0.25, -0.2) is 4.98 Å². The molecule has 0 bridgehead atoms. The fourth-order valence-electron chi connectivity index (χ4n) is 2.58. The molecule has 0 spiro atoms. The van der Waals surface area contributed by atoms with E-state index < -0.39 is 0 Å². The average molecular weight is 264 g/mol. The van der Waals surface area contributed by atoms with Crippen molar-refractivity contribution in [2.45, 2.75) is 45.1 Å². The Kier molecular flexibility index (Phi) is 4.96. The SMILES string of the molecule is CCCNC(=O)C(C)n1cncc1C1CCCNC1. The molecule has 5 nitrogen and oxygen atoms in total. The smallest absolute Gasteiger partial charge is 0.242 e. The number of imidazole rings is 1. The Morgan fingerprint density at radius 3 is 3.21 bits per heavy atom. The van der Waals surface area contributed by atoms with Crippen LogP contribution in [0.5, 0.6) is 0 Å². The van der Waals surface area contributed by atoms with Crippen LogP contribution in [0.1, 0.15) is 50.8 Å². The van der Waals surface area contributed by atoms with Crippen molar-refractivity contribution >= 4 is 5.91 Å². The molecule has 1 aromatic rings. The first kappa shape index (κ1) is 14.1. The van der Waals surface area contributed by atoms with Crippen molar-refractivity contribution in [2.24, 2.45) is 0 Å². The molecular formula is C14H24N4O. The van der Waals surface area contributed by atoms with Gasteiger partial charge in [0, 0.05) is 30.9 Å². The standard InChI is InChI=1S/C14H24N4O/c1-3-6-17-14(19)11(2)18-10-16-9-13(18)12-5-4-7-15-8-12/h9-12,15H,3-8H2,1-2H3,(H,17,19). The summed E-state index contributed by atoms with van der Waals surface area (Å²) in [5.74, 6) is 0.544. The minimum Gasteiger partial charge on any atom is -0.354 e. The number of amides is 1. The van der Waals surface area contributed by atoms with E-state index in [2.05, 4.69) is 22.5 Å². The van der Waals surface area contributed by atoms with E-state index in [0.29, 0.717) is 5.92 Å². The predicted molar refractivity (Wildman–Crippen MR) is 75.1 cm³/mol. The molecule has 0 saturated carbocycles. The molecule has 1 aliphatic rings. The van der Waals surface area contributed by atoms with Gasteiger partial charge in [0.15, 0.2) is 0 Å². The molecule has 0 aromatic carbocycles. The summed E-state index contributed by atoms with van der Waals surface area (Å²) in [5, 5.41) is 6.36. The van der Waals surface area contributed by atoms with Gasteiger partial charge in [-0.1, -0.05) is 6.92 Å². The summed E-state index contributed by atoms with van der Waals surface area (Å²) in [7, 11) is 0. The first-order valence-electron chi connectivity index (χ1n) is 7.24. The lowest BCUT2D eigenvalue weighted by atomic mass is 9.96. The van der Waals surface area contributed by atoms with Crippen molar-refractivity contribution in [1.82, 2.24) is 20.2 Å². The Labute approximate surface area is 114 Å². The molecule has 1 aromatic heterocycles. The van der Waals surface area contributed by atoms with Crippen molar-refractivity contribution in [3.8, 4) is 0 Å². The van der Waals surface area contributed by atoms with E-state index in [1.807, 2.05) is 17.7 Å². The molecular weight excluding hydrogens is 240 g/mol. The molecule has 2 atom stereocenters. The van der Waals surface area contributed by atoms with Gasteiger partial charge in [0.2, 0.25) is 5.91 Å². The molecule has 1 fully saturated rings. The summed E-state index contributed by atoms with van der Waals surface area (Å²) in [6, 6.07) is -0.189. The van der Waals surface area contributed by atoms with Gasteiger partial charge in [-0.05, 0) is 32.7 Å². The van der Waals surface area contributed by atoms with Gasteiger partial charge in [0.05, 0.1) is 6.33 Å². The average Bonchev–Trinajstić information content (AvgIpc) is 2.94. The number of nitrogens with one attached hydrogen (secondary N) is 2. The fraction of sp³-hybridized carbons (Fsp3) is 0.714. The first-order valence-corrected chi connectivity index (χ1v) is 7.24. The van der Waals surface area contributed by atoms with Crippen molar-refractivity contribution in [2.75, 3.05) is 19.6 Å². The second-order valence-corrected chi connectivity index (χ2v) is 5.24. The van der Waals surface area contributed by atoms with Crippen LogP contribution in [0.3, 0.4) is 0 Å². The molecule has 2 rings (SSSR count). The molecule has 1 aliphatic heterocycles. The van der Waals surface area contributed by atoms with Crippen molar-refractivity contribution in [3.05, 3.63) is 18.2 Å². The van der Waals surface area contributed by atoms with E-state index in [9.17, 15) is 4.79 Å². The molecule has 0 radical (unpaired) electrons. The van der Waals surface area contributed by atoms with Crippen LogP contribution in [-0.2, 0) is 4.79 Å². The van der Waals surface area contributed by atoms with Gasteiger partial charge >= 0.3 is 0 Å². The minimum absolute atomic E-state index is 0.0740. The molecule has 106 valence electrons. The van der Waals surface area contributed by atoms with E-state index in [4.69, 9.17) is 0 Å². The Balaban J connectivity index is 2.07. The largest absolute Gasteiger partial charge is 0.354 e. The van der Waals surface area contributed by atoms with Crippen LogP contribution in [-0.4, -0.2) is 35.1 Å². The summed E-state index contributed by atoms with van der Waals surface area (Å²) in [6.07, 6.45) is 7.00. The zero-order valence-corrected chi connectivity index (χ0v) is 11.9. The number of piperidine rings is 1. The molecule has 1 saturated heterocycles. The molecule has 1 amide bonds. The number of carbonyl (C=O) groups is 1. The predicted octanol–water partition coefficient (Wildman–Crippen LogP) is 1.44. The third kappa shape index (κ3) is 3.35. The maximum atomic E-state index is 12.1. The quantitative estimate of drug-likeness (QED) is 0.846. The van der Waals surface area contributed by atoms with E-state index in [1.165, 1.54) is 18.5 Å². The second kappa shape index (κ2) is 6.70. The summed E-state index contributed by atoms with van der Waals surface area (Å²) in [4.78, 5) is 16.3. The zero-order valence-electron chi connectivity index (χ0n) is 11.9. The van der Waals surface area contributed by atoms with Crippen LogP contribution in [0.25, 0.3) is 0 Å². The summed E-state index contributed by atoms with van der Waals surface area (Å²) in [5.41, 5.74) is 1.17. The molecule has 0 aliphatic carbocycles. The van der Waals surface area contributed by atoms with Crippen molar-refractivity contribution in [1.29, 1.82) is 0 Å². The van der Waals surface area contributed by atoms with Crippen LogP contribution in [0.2, 0.25) is 0 Å². The number of aromatic nitrogens is 2. The van der Waals surface area contributed by atoms with Gasteiger partial charge in [0.25, 0.3) is 0 Å². The highest BCUT2D eigenvalue weighted by Crippen LogP contribution is 2.25. The van der Waals surface area contributed by atoms with E-state index in [-0.39, 0.29) is 11.9 Å². The number of hydrogen-bond acceptors (Lipinski definition) is 3. The fourth-order valence-corrected chi connectivity index (χ4v) is 2.58.